The number of fused-ring (bicyclic) bond motifs is 2. The first-order valence-electron chi connectivity index (χ1n) is 29.0. The highest BCUT2D eigenvalue weighted by molar-refractivity contribution is 7.99. The molecular weight excluding hydrogens is 1090 g/mol. The SMILES string of the molecule is CC1=CC(/C=C/c2ccc(N3CCSCCOCCOCCSCC3)cc2)=[N+]2C1=C(c1ccc(N3CCOCCOCCOCCOCC3)cc1)c1c(C)cc(/C=C/c3ccc(N(Cc4ccccn4)Cc4ccccn4)cc3)n1[B-]2(F)F. The fourth-order valence-corrected chi connectivity index (χ4v) is 12.4. The van der Waals surface area contributed by atoms with E-state index in [-0.39, 0.29) is 0 Å². The Hall–Kier alpha value is -6.35. The summed E-state index contributed by atoms with van der Waals surface area (Å²) in [5.74, 6) is 3.88. The summed E-state index contributed by atoms with van der Waals surface area (Å²) in [5.41, 5.74) is 11.8. The third-order valence-corrected chi connectivity index (χ3v) is 16.8. The van der Waals surface area contributed by atoms with Gasteiger partial charge in [0.1, 0.15) is 0 Å². The van der Waals surface area contributed by atoms with E-state index in [9.17, 15) is 0 Å². The molecule has 7 heterocycles. The van der Waals surface area contributed by atoms with E-state index in [1.165, 1.54) is 8.96 Å². The molecule has 10 rings (SSSR count). The second-order valence-electron chi connectivity index (χ2n) is 20.7. The van der Waals surface area contributed by atoms with E-state index in [0.29, 0.717) is 115 Å². The highest BCUT2D eigenvalue weighted by Crippen LogP contribution is 2.45. The van der Waals surface area contributed by atoms with Crippen molar-refractivity contribution in [2.24, 2.45) is 0 Å². The number of benzene rings is 3. The number of allylic oxidation sites excluding steroid dienone is 3. The number of halogens is 2. The molecule has 4 aliphatic heterocycles. The van der Waals surface area contributed by atoms with Gasteiger partial charge in [0.05, 0.1) is 109 Å². The van der Waals surface area contributed by atoms with Gasteiger partial charge in [-0.2, -0.15) is 23.5 Å². The highest BCUT2D eigenvalue weighted by atomic mass is 32.2. The standard InChI is InChI=1S/C65H76BF2N7O6S2/c1-51-47-61(21-13-53-9-17-58(18-10-53)72-29-43-82-45-41-80-39-40-81-42-46-83-44-30-72)74-64(51)63(55-15-23-59(24-16-55)71-27-31-76-33-35-78-37-38-79-36-34-77-32-28-71)65-52(2)48-62(75(65)66(74,67)68)22-14-54-11-19-60(20-12-54)73(49-56-7-3-5-25-69-56)50-57-8-4-6-26-70-57/h3-26,47-48H,27-46,49-50H2,1-2H3/b21-13+,22-14+. The van der Waals surface area contributed by atoms with Crippen molar-refractivity contribution in [1.29, 1.82) is 0 Å². The molecule has 0 amide bonds. The van der Waals surface area contributed by atoms with Gasteiger partial charge in [0.15, 0.2) is 11.4 Å². The Morgan fingerprint density at radius 1 is 0.554 bits per heavy atom. The number of hydrogen-bond donors (Lipinski definition) is 0. The molecule has 83 heavy (non-hydrogen) atoms. The van der Waals surface area contributed by atoms with Crippen molar-refractivity contribution in [2.75, 3.05) is 143 Å². The average molecular weight is 1160 g/mol. The average Bonchev–Trinajstić information content (AvgIpc) is 2.91. The summed E-state index contributed by atoms with van der Waals surface area (Å²) in [5, 5.41) is 0. The second kappa shape index (κ2) is 30.5. The molecule has 3 aromatic heterocycles. The lowest BCUT2D eigenvalue weighted by molar-refractivity contribution is -0.362. The number of pyridine rings is 2. The predicted molar refractivity (Wildman–Crippen MR) is 337 cm³/mol. The molecule has 0 radical (unpaired) electrons. The Balaban J connectivity index is 0.967. The normalized spacial score (nSPS) is 18.7. The van der Waals surface area contributed by atoms with Crippen molar-refractivity contribution in [3.05, 3.63) is 196 Å². The zero-order valence-corrected chi connectivity index (χ0v) is 49.4. The van der Waals surface area contributed by atoms with Gasteiger partial charge in [0.2, 0.25) is 0 Å². The zero-order chi connectivity index (χ0) is 57.1. The van der Waals surface area contributed by atoms with Crippen LogP contribution in [0.25, 0.3) is 23.8 Å². The third-order valence-electron chi connectivity index (χ3n) is 15.0. The summed E-state index contributed by atoms with van der Waals surface area (Å²) in [4.78, 5) is 16.1. The smallest absolute Gasteiger partial charge is 0.390 e. The Bertz CT molecular complexity index is 3110. The number of ether oxygens (including phenoxy) is 6. The summed E-state index contributed by atoms with van der Waals surface area (Å²) in [6.45, 7) is 10.5. The van der Waals surface area contributed by atoms with E-state index in [4.69, 9.17) is 28.4 Å². The van der Waals surface area contributed by atoms with Crippen LogP contribution in [0.4, 0.5) is 25.7 Å². The first-order chi connectivity index (χ1) is 40.8. The summed E-state index contributed by atoms with van der Waals surface area (Å²) in [6, 6.07) is 38.7. The van der Waals surface area contributed by atoms with E-state index >= 15 is 8.63 Å². The first kappa shape index (κ1) is 59.8. The topological polar surface area (TPSA) is 98.8 Å². The fourth-order valence-electron chi connectivity index (χ4n) is 10.8. The van der Waals surface area contributed by atoms with Crippen LogP contribution in [0.5, 0.6) is 0 Å². The van der Waals surface area contributed by atoms with Crippen LogP contribution in [0.15, 0.2) is 151 Å². The predicted octanol–water partition coefficient (Wildman–Crippen LogP) is 11.3. The van der Waals surface area contributed by atoms with Crippen molar-refractivity contribution < 1.29 is 41.5 Å². The van der Waals surface area contributed by atoms with Gasteiger partial charge in [-0.3, -0.25) is 9.97 Å². The monoisotopic (exact) mass is 1160 g/mol. The maximum atomic E-state index is 18.3. The van der Waals surface area contributed by atoms with Crippen molar-refractivity contribution in [2.45, 2.75) is 26.9 Å². The second-order valence-corrected chi connectivity index (χ2v) is 23.1. The van der Waals surface area contributed by atoms with E-state index in [2.05, 4.69) is 85.3 Å². The molecule has 436 valence electrons. The van der Waals surface area contributed by atoms with E-state index < -0.39 is 6.97 Å². The van der Waals surface area contributed by atoms with Crippen molar-refractivity contribution in [3.8, 4) is 0 Å². The largest absolute Gasteiger partial charge is 0.737 e. The minimum absolute atomic E-state index is 0.411. The van der Waals surface area contributed by atoms with Crippen molar-refractivity contribution >= 4 is 77.1 Å². The van der Waals surface area contributed by atoms with Crippen LogP contribution in [0.3, 0.4) is 0 Å². The summed E-state index contributed by atoms with van der Waals surface area (Å²) < 4.78 is 73.8. The van der Waals surface area contributed by atoms with Crippen LogP contribution in [-0.2, 0) is 41.5 Å². The molecule has 13 nitrogen and oxygen atoms in total. The number of aromatic nitrogens is 3. The van der Waals surface area contributed by atoms with Gasteiger partial charge in [-0.1, -0.05) is 54.6 Å². The van der Waals surface area contributed by atoms with Gasteiger partial charge >= 0.3 is 6.97 Å². The number of hydrogen-bond acceptors (Lipinski definition) is 13. The van der Waals surface area contributed by atoms with Crippen molar-refractivity contribution in [1.82, 2.24) is 14.4 Å². The minimum Gasteiger partial charge on any atom is -0.390 e. The van der Waals surface area contributed by atoms with Crippen LogP contribution in [-0.4, -0.2) is 160 Å². The first-order valence-corrected chi connectivity index (χ1v) is 31.3. The number of rotatable bonds is 12. The number of aryl methyl sites for hydroxylation is 1. The molecular formula is C65H76BF2N7O6S2. The van der Waals surface area contributed by atoms with E-state index in [1.807, 2.05) is 122 Å². The Morgan fingerprint density at radius 3 is 1.59 bits per heavy atom. The quantitative estimate of drug-likeness (QED) is 0.109. The Labute approximate surface area is 496 Å². The van der Waals surface area contributed by atoms with Gasteiger partial charge in [-0.25, -0.2) is 0 Å². The number of thioether (sulfide) groups is 2. The Morgan fingerprint density at radius 2 is 1.05 bits per heavy atom. The zero-order valence-electron chi connectivity index (χ0n) is 47.8. The maximum absolute atomic E-state index is 18.3. The molecule has 0 spiro atoms. The van der Waals surface area contributed by atoms with Crippen molar-refractivity contribution in [3.63, 3.8) is 0 Å². The van der Waals surface area contributed by atoms with E-state index in [1.54, 1.807) is 12.4 Å². The van der Waals surface area contributed by atoms with Gasteiger partial charge in [-0.05, 0) is 115 Å². The lowest BCUT2D eigenvalue weighted by Gasteiger charge is -2.34. The van der Waals surface area contributed by atoms with Crippen LogP contribution >= 0.6 is 23.5 Å². The van der Waals surface area contributed by atoms with Gasteiger partial charge in [0, 0.05) is 108 Å². The molecule has 2 fully saturated rings. The molecule has 18 heteroatoms. The molecule has 2 saturated heterocycles. The minimum atomic E-state index is -4.42. The summed E-state index contributed by atoms with van der Waals surface area (Å²) in [7, 11) is 0. The lowest BCUT2D eigenvalue weighted by Crippen LogP contribution is -2.51. The van der Waals surface area contributed by atoms with Crippen LogP contribution in [0, 0.1) is 6.92 Å². The van der Waals surface area contributed by atoms with Gasteiger partial charge in [-0.15, -0.1) is 0 Å². The van der Waals surface area contributed by atoms with Crippen LogP contribution < -0.4 is 14.7 Å². The molecule has 0 unspecified atom stereocenters. The summed E-state index contributed by atoms with van der Waals surface area (Å²) in [6.07, 6.45) is 13.1. The maximum Gasteiger partial charge on any atom is 0.737 e. The fraction of sp³-hybridized carbons (Fsp3) is 0.369. The molecule has 0 saturated carbocycles. The molecule has 0 N–H and O–H groups in total. The highest BCUT2D eigenvalue weighted by Gasteiger charge is 2.55. The molecule has 4 aliphatic rings. The molecule has 6 aromatic rings. The Kier molecular flexibility index (Phi) is 21.9. The number of nitrogens with zero attached hydrogens (tertiary/aromatic N) is 7. The van der Waals surface area contributed by atoms with Crippen LogP contribution in [0.1, 0.15) is 52.0 Å². The van der Waals surface area contributed by atoms with Crippen LogP contribution in [0.2, 0.25) is 0 Å². The van der Waals surface area contributed by atoms with E-state index in [0.717, 1.165) is 111 Å². The van der Waals surface area contributed by atoms with Gasteiger partial charge in [0.25, 0.3) is 0 Å². The molecule has 0 aliphatic carbocycles. The number of anilines is 3. The molecule has 0 atom stereocenters. The summed E-state index contributed by atoms with van der Waals surface area (Å²) >= 11 is 3.80. The molecule has 0 bridgehead atoms. The lowest BCUT2D eigenvalue weighted by atomic mass is 9.83. The molecule has 3 aromatic carbocycles. The third kappa shape index (κ3) is 16.1. The van der Waals surface area contributed by atoms with Gasteiger partial charge < -0.3 is 60.7 Å².